The minimum atomic E-state index is -4.37. The fourth-order valence-corrected chi connectivity index (χ4v) is 1.63. The molecule has 0 spiro atoms. The molecule has 0 bridgehead atoms. The molecule has 0 fully saturated rings. The maximum absolute atomic E-state index is 12.4. The lowest BCUT2D eigenvalue weighted by Crippen LogP contribution is -2.43. The van der Waals surface area contributed by atoms with E-state index in [-0.39, 0.29) is 13.0 Å². The van der Waals surface area contributed by atoms with Crippen LogP contribution in [-0.4, -0.2) is 24.4 Å². The lowest BCUT2D eigenvalue weighted by atomic mass is 10.1. The Bertz CT molecular complexity index is 500. The van der Waals surface area contributed by atoms with Crippen molar-refractivity contribution in [1.82, 2.24) is 5.32 Å². The number of primary amides is 1. The summed E-state index contributed by atoms with van der Waals surface area (Å²) >= 11 is 0. The largest absolute Gasteiger partial charge is 0.416 e. The van der Waals surface area contributed by atoms with Gasteiger partial charge in [0.05, 0.1) is 18.0 Å². The number of benzene rings is 1. The van der Waals surface area contributed by atoms with E-state index in [1.807, 2.05) is 0 Å². The van der Waals surface area contributed by atoms with Gasteiger partial charge >= 0.3 is 6.18 Å². The second-order valence-corrected chi connectivity index (χ2v) is 4.51. The molecule has 0 saturated heterocycles. The highest BCUT2D eigenvalue weighted by molar-refractivity contribution is 5.87. The molecule has 1 rings (SSSR count). The van der Waals surface area contributed by atoms with Gasteiger partial charge in [-0.15, -0.1) is 0 Å². The van der Waals surface area contributed by atoms with Crippen LogP contribution in [-0.2, 0) is 22.2 Å². The number of carbonyl (C=O) groups excluding carboxylic acids is 2. The van der Waals surface area contributed by atoms with Crippen LogP contribution in [0.1, 0.15) is 17.5 Å². The standard InChI is InChI=1S/C13H16F3N3O2/c14-13(15,16)9-3-1-8(2-4-9)5-6-19-12(21)10(17)7-11(18)20/h1-4,10H,5-7,17H2,(H2,18,20)(H,19,21)/t10-/m1/s1. The van der Waals surface area contributed by atoms with Crippen LogP contribution in [0, 0.1) is 0 Å². The Balaban J connectivity index is 2.42. The van der Waals surface area contributed by atoms with Gasteiger partial charge in [-0.3, -0.25) is 9.59 Å². The van der Waals surface area contributed by atoms with Crippen LogP contribution < -0.4 is 16.8 Å². The van der Waals surface area contributed by atoms with E-state index >= 15 is 0 Å². The number of hydrogen-bond acceptors (Lipinski definition) is 3. The van der Waals surface area contributed by atoms with E-state index in [2.05, 4.69) is 5.32 Å². The van der Waals surface area contributed by atoms with E-state index in [4.69, 9.17) is 11.5 Å². The third-order valence-electron chi connectivity index (χ3n) is 2.75. The van der Waals surface area contributed by atoms with E-state index in [0.29, 0.717) is 12.0 Å². The molecule has 8 heteroatoms. The van der Waals surface area contributed by atoms with Gasteiger partial charge in [0, 0.05) is 6.54 Å². The molecule has 5 N–H and O–H groups in total. The zero-order chi connectivity index (χ0) is 16.0. The zero-order valence-electron chi connectivity index (χ0n) is 11.1. The Morgan fingerprint density at radius 1 is 1.19 bits per heavy atom. The first-order valence-electron chi connectivity index (χ1n) is 6.18. The van der Waals surface area contributed by atoms with Crippen molar-refractivity contribution in [3.63, 3.8) is 0 Å². The van der Waals surface area contributed by atoms with Gasteiger partial charge in [-0.1, -0.05) is 12.1 Å². The quantitative estimate of drug-likeness (QED) is 0.716. The summed E-state index contributed by atoms with van der Waals surface area (Å²) < 4.78 is 37.1. The van der Waals surface area contributed by atoms with E-state index < -0.39 is 29.6 Å². The van der Waals surface area contributed by atoms with E-state index in [1.165, 1.54) is 12.1 Å². The summed E-state index contributed by atoms with van der Waals surface area (Å²) in [6, 6.07) is 3.64. The lowest BCUT2D eigenvalue weighted by Gasteiger charge is -2.11. The zero-order valence-corrected chi connectivity index (χ0v) is 11.1. The minimum absolute atomic E-state index is 0.205. The number of nitrogens with one attached hydrogen (secondary N) is 1. The minimum Gasteiger partial charge on any atom is -0.370 e. The predicted molar refractivity (Wildman–Crippen MR) is 69.9 cm³/mol. The summed E-state index contributed by atoms with van der Waals surface area (Å²) in [6.45, 7) is 0.205. The molecule has 1 aromatic rings. The molecule has 0 unspecified atom stereocenters. The van der Waals surface area contributed by atoms with E-state index in [1.54, 1.807) is 0 Å². The normalized spacial score (nSPS) is 12.8. The molecule has 2 amide bonds. The summed E-state index contributed by atoms with van der Waals surface area (Å²) in [5, 5.41) is 2.49. The summed E-state index contributed by atoms with van der Waals surface area (Å²) in [5.41, 5.74) is 10.3. The monoisotopic (exact) mass is 303 g/mol. The maximum Gasteiger partial charge on any atom is 0.416 e. The summed E-state index contributed by atoms with van der Waals surface area (Å²) in [6.07, 6.45) is -4.27. The molecular weight excluding hydrogens is 287 g/mol. The van der Waals surface area contributed by atoms with Crippen molar-refractivity contribution in [3.05, 3.63) is 35.4 Å². The number of hydrogen-bond donors (Lipinski definition) is 3. The van der Waals surface area contributed by atoms with Crippen molar-refractivity contribution in [2.45, 2.75) is 25.1 Å². The Kier molecular flexibility index (Phi) is 5.71. The number of alkyl halides is 3. The highest BCUT2D eigenvalue weighted by atomic mass is 19.4. The second kappa shape index (κ2) is 7.07. The molecule has 0 aliphatic carbocycles. The van der Waals surface area contributed by atoms with Crippen molar-refractivity contribution in [3.8, 4) is 0 Å². The number of nitrogens with two attached hydrogens (primary N) is 2. The maximum atomic E-state index is 12.4. The third-order valence-corrected chi connectivity index (χ3v) is 2.75. The molecule has 0 saturated carbocycles. The van der Waals surface area contributed by atoms with Gasteiger partial charge in [-0.25, -0.2) is 0 Å². The number of rotatable bonds is 6. The van der Waals surface area contributed by atoms with Crippen LogP contribution in [0.3, 0.4) is 0 Å². The van der Waals surface area contributed by atoms with Crippen LogP contribution in [0.25, 0.3) is 0 Å². The molecule has 21 heavy (non-hydrogen) atoms. The number of carbonyl (C=O) groups is 2. The van der Waals surface area contributed by atoms with E-state index in [9.17, 15) is 22.8 Å². The van der Waals surface area contributed by atoms with Crippen LogP contribution in [0.5, 0.6) is 0 Å². The smallest absolute Gasteiger partial charge is 0.370 e. The van der Waals surface area contributed by atoms with Crippen LogP contribution in [0.15, 0.2) is 24.3 Å². The molecule has 0 aliphatic rings. The summed E-state index contributed by atoms with van der Waals surface area (Å²) in [7, 11) is 0. The van der Waals surface area contributed by atoms with Crippen LogP contribution >= 0.6 is 0 Å². The topological polar surface area (TPSA) is 98.2 Å². The molecule has 0 radical (unpaired) electrons. The Morgan fingerprint density at radius 2 is 1.76 bits per heavy atom. The van der Waals surface area contributed by atoms with Gasteiger partial charge in [0.25, 0.3) is 0 Å². The molecule has 116 valence electrons. The lowest BCUT2D eigenvalue weighted by molar-refractivity contribution is -0.137. The first-order chi connectivity index (χ1) is 9.70. The van der Waals surface area contributed by atoms with Crippen LogP contribution in [0.4, 0.5) is 13.2 Å². The number of halogens is 3. The summed E-state index contributed by atoms with van der Waals surface area (Å²) in [4.78, 5) is 22.1. The first kappa shape index (κ1) is 17.0. The predicted octanol–water partition coefficient (Wildman–Crippen LogP) is 0.567. The van der Waals surface area contributed by atoms with Crippen molar-refractivity contribution < 1.29 is 22.8 Å². The average molecular weight is 303 g/mol. The summed E-state index contributed by atoms with van der Waals surface area (Å²) in [5.74, 6) is -1.21. The van der Waals surface area contributed by atoms with Gasteiger partial charge in [0.15, 0.2) is 0 Å². The molecular formula is C13H16F3N3O2. The Morgan fingerprint density at radius 3 is 2.24 bits per heavy atom. The SMILES string of the molecule is NC(=O)C[C@@H](N)C(=O)NCCc1ccc(C(F)(F)F)cc1. The highest BCUT2D eigenvalue weighted by Gasteiger charge is 2.29. The third kappa shape index (κ3) is 5.82. The van der Waals surface area contributed by atoms with Crippen molar-refractivity contribution in [1.29, 1.82) is 0 Å². The van der Waals surface area contributed by atoms with Gasteiger partial charge < -0.3 is 16.8 Å². The van der Waals surface area contributed by atoms with E-state index in [0.717, 1.165) is 12.1 Å². The van der Waals surface area contributed by atoms with Gasteiger partial charge in [0.2, 0.25) is 11.8 Å². The van der Waals surface area contributed by atoms with Crippen molar-refractivity contribution >= 4 is 11.8 Å². The molecule has 1 atom stereocenters. The molecule has 0 heterocycles. The van der Waals surface area contributed by atoms with Crippen molar-refractivity contribution in [2.24, 2.45) is 11.5 Å². The average Bonchev–Trinajstić information content (AvgIpc) is 2.37. The Labute approximate surface area is 119 Å². The molecule has 0 aromatic heterocycles. The van der Waals surface area contributed by atoms with Gasteiger partial charge in [0.1, 0.15) is 0 Å². The first-order valence-corrected chi connectivity index (χ1v) is 6.18. The van der Waals surface area contributed by atoms with Crippen LogP contribution in [0.2, 0.25) is 0 Å². The van der Waals surface area contributed by atoms with Gasteiger partial charge in [-0.05, 0) is 24.1 Å². The fraction of sp³-hybridized carbons (Fsp3) is 0.385. The number of amides is 2. The molecule has 1 aromatic carbocycles. The highest BCUT2D eigenvalue weighted by Crippen LogP contribution is 2.29. The van der Waals surface area contributed by atoms with Gasteiger partial charge in [-0.2, -0.15) is 13.2 Å². The Hall–Kier alpha value is -2.09. The molecule has 5 nitrogen and oxygen atoms in total. The van der Waals surface area contributed by atoms with Crippen molar-refractivity contribution in [2.75, 3.05) is 6.54 Å². The second-order valence-electron chi connectivity index (χ2n) is 4.51. The fourth-order valence-electron chi connectivity index (χ4n) is 1.63. The molecule has 0 aliphatic heterocycles.